The first-order chi connectivity index (χ1) is 12.8. The maximum absolute atomic E-state index is 12.6. The SMILES string of the molecule is Nc1c(C(=O)Nc2ccccc2OC(F)(F)F)sc2nc3c(cc12)CCC3. The molecule has 0 spiro atoms. The number of nitrogens with one attached hydrogen (secondary N) is 1. The van der Waals surface area contributed by atoms with Crippen LogP contribution < -0.4 is 15.8 Å². The van der Waals surface area contributed by atoms with Gasteiger partial charge in [0.2, 0.25) is 0 Å². The van der Waals surface area contributed by atoms with E-state index in [0.29, 0.717) is 10.2 Å². The summed E-state index contributed by atoms with van der Waals surface area (Å²) in [6, 6.07) is 7.29. The van der Waals surface area contributed by atoms with Crippen molar-refractivity contribution in [1.29, 1.82) is 0 Å². The van der Waals surface area contributed by atoms with Gasteiger partial charge in [-0.3, -0.25) is 4.79 Å². The molecular weight excluding hydrogens is 379 g/mol. The third-order valence-electron chi connectivity index (χ3n) is 4.32. The van der Waals surface area contributed by atoms with Crippen LogP contribution in [0.5, 0.6) is 5.75 Å². The monoisotopic (exact) mass is 393 g/mol. The second kappa shape index (κ2) is 6.41. The summed E-state index contributed by atoms with van der Waals surface area (Å²) in [5.74, 6) is -1.09. The molecule has 27 heavy (non-hydrogen) atoms. The lowest BCUT2D eigenvalue weighted by atomic mass is 10.1. The van der Waals surface area contributed by atoms with Crippen molar-refractivity contribution in [2.24, 2.45) is 0 Å². The lowest BCUT2D eigenvalue weighted by molar-refractivity contribution is -0.274. The molecule has 0 radical (unpaired) electrons. The summed E-state index contributed by atoms with van der Waals surface area (Å²) in [7, 11) is 0. The van der Waals surface area contributed by atoms with Gasteiger partial charge < -0.3 is 15.8 Å². The Labute approximate surface area is 156 Å². The molecule has 4 rings (SSSR count). The van der Waals surface area contributed by atoms with Gasteiger partial charge in [0.05, 0.1) is 11.4 Å². The van der Waals surface area contributed by atoms with Crippen molar-refractivity contribution >= 4 is 38.8 Å². The van der Waals surface area contributed by atoms with Crippen LogP contribution in [0.1, 0.15) is 27.3 Å². The zero-order valence-corrected chi connectivity index (χ0v) is 14.7. The number of aryl methyl sites for hydroxylation is 2. The number of pyridine rings is 1. The Morgan fingerprint density at radius 3 is 2.81 bits per heavy atom. The molecule has 1 aromatic carbocycles. The number of para-hydroxylation sites is 2. The number of benzene rings is 1. The van der Waals surface area contributed by atoms with E-state index in [0.717, 1.165) is 47.9 Å². The van der Waals surface area contributed by atoms with E-state index >= 15 is 0 Å². The fourth-order valence-corrected chi connectivity index (χ4v) is 4.12. The lowest BCUT2D eigenvalue weighted by Gasteiger charge is -2.13. The predicted octanol–water partition coefficient (Wildman–Crippen LogP) is 4.52. The summed E-state index contributed by atoms with van der Waals surface area (Å²) < 4.78 is 41.6. The third kappa shape index (κ3) is 3.42. The quantitative estimate of drug-likeness (QED) is 0.686. The fraction of sp³-hybridized carbons (Fsp3) is 0.222. The first kappa shape index (κ1) is 17.6. The Morgan fingerprint density at radius 2 is 2.04 bits per heavy atom. The van der Waals surface area contributed by atoms with Crippen molar-refractivity contribution in [2.45, 2.75) is 25.6 Å². The minimum atomic E-state index is -4.86. The number of thiophene rings is 1. The standard InChI is InChI=1S/C18H14F3N3O2S/c19-18(20,21)26-13-7-2-1-5-12(13)23-16(25)15-14(22)10-8-9-4-3-6-11(9)24-17(10)27-15/h1-2,5,7-8H,3-4,6,22H2,(H,23,25). The van der Waals surface area contributed by atoms with Crippen LogP contribution in [0.15, 0.2) is 30.3 Å². The van der Waals surface area contributed by atoms with E-state index in [-0.39, 0.29) is 16.3 Å². The van der Waals surface area contributed by atoms with E-state index in [1.807, 2.05) is 6.07 Å². The number of halogens is 3. The van der Waals surface area contributed by atoms with Crippen molar-refractivity contribution in [3.05, 3.63) is 46.5 Å². The Balaban J connectivity index is 1.66. The molecule has 0 fully saturated rings. The number of hydrogen-bond acceptors (Lipinski definition) is 5. The van der Waals surface area contributed by atoms with Gasteiger partial charge in [-0.15, -0.1) is 24.5 Å². The highest BCUT2D eigenvalue weighted by Gasteiger charge is 2.32. The molecule has 0 bridgehead atoms. The topological polar surface area (TPSA) is 77.2 Å². The van der Waals surface area contributed by atoms with E-state index in [4.69, 9.17) is 5.73 Å². The largest absolute Gasteiger partial charge is 0.573 e. The van der Waals surface area contributed by atoms with Gasteiger partial charge in [-0.1, -0.05) is 12.1 Å². The number of carbonyl (C=O) groups is 1. The van der Waals surface area contributed by atoms with Crippen LogP contribution in [-0.4, -0.2) is 17.3 Å². The van der Waals surface area contributed by atoms with Gasteiger partial charge >= 0.3 is 6.36 Å². The number of nitrogens with two attached hydrogens (primary N) is 1. The van der Waals surface area contributed by atoms with Gasteiger partial charge in [0.15, 0.2) is 5.75 Å². The van der Waals surface area contributed by atoms with Crippen molar-refractivity contribution in [2.75, 3.05) is 11.1 Å². The fourth-order valence-electron chi connectivity index (χ4n) is 3.13. The van der Waals surface area contributed by atoms with Crippen LogP contribution >= 0.6 is 11.3 Å². The lowest BCUT2D eigenvalue weighted by Crippen LogP contribution is -2.19. The molecule has 0 aliphatic heterocycles. The summed E-state index contributed by atoms with van der Waals surface area (Å²) in [4.78, 5) is 18.1. The van der Waals surface area contributed by atoms with E-state index < -0.39 is 18.0 Å². The number of anilines is 2. The zero-order valence-electron chi connectivity index (χ0n) is 13.9. The minimum Gasteiger partial charge on any atom is -0.404 e. The number of ether oxygens (including phenoxy) is 1. The summed E-state index contributed by atoms with van der Waals surface area (Å²) in [5.41, 5.74) is 8.46. The Morgan fingerprint density at radius 1 is 1.26 bits per heavy atom. The Bertz CT molecular complexity index is 1050. The molecule has 5 nitrogen and oxygen atoms in total. The number of fused-ring (bicyclic) bond motifs is 2. The van der Waals surface area contributed by atoms with Gasteiger partial charge in [0, 0.05) is 11.1 Å². The molecule has 9 heteroatoms. The maximum Gasteiger partial charge on any atom is 0.573 e. The van der Waals surface area contributed by atoms with Gasteiger partial charge in [0.1, 0.15) is 9.71 Å². The van der Waals surface area contributed by atoms with Crippen molar-refractivity contribution in [3.8, 4) is 5.75 Å². The number of nitrogens with zero attached hydrogens (tertiary/aromatic N) is 1. The van der Waals surface area contributed by atoms with Gasteiger partial charge in [-0.25, -0.2) is 4.98 Å². The van der Waals surface area contributed by atoms with Crippen LogP contribution in [-0.2, 0) is 12.8 Å². The molecular formula is C18H14F3N3O2S. The molecule has 3 aromatic rings. The molecule has 140 valence electrons. The van der Waals surface area contributed by atoms with E-state index in [1.165, 1.54) is 18.2 Å². The minimum absolute atomic E-state index is 0.0906. The highest BCUT2D eigenvalue weighted by Crippen LogP contribution is 2.37. The average Bonchev–Trinajstić information content (AvgIpc) is 3.18. The smallest absolute Gasteiger partial charge is 0.404 e. The highest BCUT2D eigenvalue weighted by molar-refractivity contribution is 7.21. The number of aromatic nitrogens is 1. The molecule has 2 aromatic heterocycles. The molecule has 0 atom stereocenters. The van der Waals surface area contributed by atoms with Crippen LogP contribution in [0.2, 0.25) is 0 Å². The van der Waals surface area contributed by atoms with Crippen LogP contribution in [0.4, 0.5) is 24.5 Å². The first-order valence-corrected chi connectivity index (χ1v) is 9.00. The van der Waals surface area contributed by atoms with Crippen molar-refractivity contribution < 1.29 is 22.7 Å². The van der Waals surface area contributed by atoms with E-state index in [2.05, 4.69) is 15.0 Å². The van der Waals surface area contributed by atoms with Crippen LogP contribution in [0.3, 0.4) is 0 Å². The Hall–Kier alpha value is -2.81. The maximum atomic E-state index is 12.6. The summed E-state index contributed by atoms with van der Waals surface area (Å²) in [5, 5.41) is 3.15. The number of alkyl halides is 3. The normalized spacial score (nSPS) is 13.6. The van der Waals surface area contributed by atoms with Gasteiger partial charge in [-0.05, 0) is 43.0 Å². The van der Waals surface area contributed by atoms with Gasteiger partial charge in [-0.2, -0.15) is 0 Å². The second-order valence-electron chi connectivity index (χ2n) is 6.14. The molecule has 0 saturated carbocycles. The molecule has 1 amide bonds. The number of carbonyl (C=O) groups excluding carboxylic acids is 1. The first-order valence-electron chi connectivity index (χ1n) is 8.19. The summed E-state index contributed by atoms with van der Waals surface area (Å²) >= 11 is 1.13. The molecule has 0 saturated heterocycles. The second-order valence-corrected chi connectivity index (χ2v) is 7.14. The molecule has 2 heterocycles. The Kier molecular flexibility index (Phi) is 4.18. The van der Waals surface area contributed by atoms with Gasteiger partial charge in [0.25, 0.3) is 5.91 Å². The molecule has 1 aliphatic carbocycles. The van der Waals surface area contributed by atoms with Crippen LogP contribution in [0.25, 0.3) is 10.2 Å². The molecule has 1 aliphatic rings. The number of rotatable bonds is 3. The summed E-state index contributed by atoms with van der Waals surface area (Å²) in [6.07, 6.45) is -1.99. The van der Waals surface area contributed by atoms with Crippen molar-refractivity contribution in [1.82, 2.24) is 4.98 Å². The average molecular weight is 393 g/mol. The molecule has 3 N–H and O–H groups in total. The van der Waals surface area contributed by atoms with E-state index in [9.17, 15) is 18.0 Å². The summed E-state index contributed by atoms with van der Waals surface area (Å²) in [6.45, 7) is 0. The highest BCUT2D eigenvalue weighted by atomic mass is 32.1. The number of nitrogen functional groups attached to an aromatic ring is 1. The predicted molar refractivity (Wildman–Crippen MR) is 97.1 cm³/mol. The van der Waals surface area contributed by atoms with E-state index in [1.54, 1.807) is 0 Å². The van der Waals surface area contributed by atoms with Crippen LogP contribution in [0, 0.1) is 0 Å². The molecule has 0 unspecified atom stereocenters. The third-order valence-corrected chi connectivity index (χ3v) is 5.43. The zero-order chi connectivity index (χ0) is 19.2. The number of hydrogen-bond donors (Lipinski definition) is 2. The number of amides is 1. The van der Waals surface area contributed by atoms with Crippen molar-refractivity contribution in [3.63, 3.8) is 0 Å².